The number of carbonyl (C=O) groups excluding carboxylic acids is 2. The predicted octanol–water partition coefficient (Wildman–Crippen LogP) is 4.32. The summed E-state index contributed by atoms with van der Waals surface area (Å²) < 4.78 is 5.15. The highest BCUT2D eigenvalue weighted by molar-refractivity contribution is 5.91. The van der Waals surface area contributed by atoms with Crippen LogP contribution in [-0.4, -0.2) is 53.8 Å². The molecule has 0 bridgehead atoms. The molecule has 1 amide bonds. The van der Waals surface area contributed by atoms with Crippen LogP contribution in [0.4, 0.5) is 0 Å². The summed E-state index contributed by atoms with van der Waals surface area (Å²) in [5, 5.41) is 13.3. The Kier molecular flexibility index (Phi) is 7.70. The zero-order chi connectivity index (χ0) is 25.7. The van der Waals surface area contributed by atoms with Gasteiger partial charge in [0.25, 0.3) is 0 Å². The molecule has 2 unspecified atom stereocenters. The number of ether oxygens (including phenoxy) is 1. The minimum absolute atomic E-state index is 0.0377. The van der Waals surface area contributed by atoms with Crippen molar-refractivity contribution in [2.45, 2.75) is 51.1 Å². The molecule has 1 aliphatic heterocycles. The van der Waals surface area contributed by atoms with E-state index >= 15 is 0 Å². The van der Waals surface area contributed by atoms with Crippen LogP contribution < -0.4 is 10.1 Å². The number of aldehydes is 1. The van der Waals surface area contributed by atoms with Gasteiger partial charge in [0.2, 0.25) is 5.91 Å². The number of hydrogen-bond acceptors (Lipinski definition) is 6. The normalized spacial score (nSPS) is 19.3. The molecule has 2 aliphatic rings. The van der Waals surface area contributed by atoms with E-state index in [-0.39, 0.29) is 11.9 Å². The molecule has 1 aromatic carbocycles. The van der Waals surface area contributed by atoms with Crippen LogP contribution in [0.3, 0.4) is 0 Å². The average Bonchev–Trinajstić information content (AvgIpc) is 3.60. The van der Waals surface area contributed by atoms with Gasteiger partial charge in [-0.3, -0.25) is 19.5 Å². The van der Waals surface area contributed by atoms with Crippen LogP contribution in [-0.2, 0) is 4.79 Å². The molecule has 2 aromatic heterocycles. The summed E-state index contributed by atoms with van der Waals surface area (Å²) >= 11 is 0. The molecule has 8 nitrogen and oxygen atoms in total. The molecule has 3 heterocycles. The maximum Gasteiger partial charge on any atom is 0.238 e. The van der Waals surface area contributed by atoms with E-state index in [0.717, 1.165) is 47.0 Å². The third kappa shape index (κ3) is 5.42. The number of nitrogens with zero attached hydrogens (tertiary/aromatic N) is 3. The maximum absolute atomic E-state index is 12.7. The number of pyridine rings is 1. The third-order valence-corrected chi connectivity index (χ3v) is 7.35. The number of aryl methyl sites for hydroxylation is 1. The zero-order valence-electron chi connectivity index (χ0n) is 21.1. The van der Waals surface area contributed by atoms with Gasteiger partial charge in [0.15, 0.2) is 6.29 Å². The lowest BCUT2D eigenvalue weighted by molar-refractivity contribution is -0.125. The molecular formula is C28H33N5O3. The number of rotatable bonds is 5. The first-order chi connectivity index (χ1) is 17.4. The van der Waals surface area contributed by atoms with Crippen LogP contribution in [0.2, 0.25) is 0 Å². The van der Waals surface area contributed by atoms with Crippen LogP contribution in [0.5, 0.6) is 5.75 Å². The van der Waals surface area contributed by atoms with E-state index in [4.69, 9.17) is 4.74 Å². The number of benzene rings is 1. The Balaban J connectivity index is 0.000000197. The summed E-state index contributed by atoms with van der Waals surface area (Å²) in [7, 11) is 3.63. The van der Waals surface area contributed by atoms with E-state index in [1.165, 1.54) is 25.7 Å². The van der Waals surface area contributed by atoms with E-state index in [2.05, 4.69) is 26.3 Å². The number of hydrogen-bond donors (Lipinski definition) is 2. The first kappa shape index (κ1) is 25.4. The second kappa shape index (κ2) is 10.9. The largest absolute Gasteiger partial charge is 0.496 e. The SMILES string of the molecule is COc1cccc2[nH]c(C=O)cc12.Cc1cncc(C(C#N)NC(=O)C2CC3(CCCC3)CN2C)c1. The number of aromatic amines is 1. The van der Waals surface area contributed by atoms with Gasteiger partial charge in [-0.1, -0.05) is 18.9 Å². The smallest absolute Gasteiger partial charge is 0.238 e. The monoisotopic (exact) mass is 487 g/mol. The van der Waals surface area contributed by atoms with Crippen LogP contribution in [0.1, 0.15) is 59.8 Å². The van der Waals surface area contributed by atoms with Crippen molar-refractivity contribution in [1.29, 1.82) is 5.26 Å². The lowest BCUT2D eigenvalue weighted by Gasteiger charge is -2.21. The number of likely N-dealkylation sites (N-methyl/N-ethyl adjacent to an activating group) is 1. The van der Waals surface area contributed by atoms with Gasteiger partial charge >= 0.3 is 0 Å². The predicted molar refractivity (Wildman–Crippen MR) is 138 cm³/mol. The van der Waals surface area contributed by atoms with Crippen LogP contribution in [0, 0.1) is 23.7 Å². The fourth-order valence-electron chi connectivity index (χ4n) is 5.61. The lowest BCUT2D eigenvalue weighted by atomic mass is 9.84. The van der Waals surface area contributed by atoms with Crippen LogP contribution >= 0.6 is 0 Å². The van der Waals surface area contributed by atoms with Crippen molar-refractivity contribution in [1.82, 2.24) is 20.2 Å². The molecule has 36 heavy (non-hydrogen) atoms. The number of aromatic nitrogens is 2. The Bertz CT molecular complexity index is 1270. The van der Waals surface area contributed by atoms with E-state index in [1.54, 1.807) is 25.6 Å². The highest BCUT2D eigenvalue weighted by Crippen LogP contribution is 2.47. The molecule has 1 saturated carbocycles. The van der Waals surface area contributed by atoms with E-state index in [9.17, 15) is 14.9 Å². The van der Waals surface area contributed by atoms with Crippen molar-refractivity contribution in [3.63, 3.8) is 0 Å². The minimum atomic E-state index is -0.636. The number of H-pyrrole nitrogens is 1. The van der Waals surface area contributed by atoms with Gasteiger partial charge in [0.05, 0.1) is 24.9 Å². The third-order valence-electron chi connectivity index (χ3n) is 7.35. The maximum atomic E-state index is 12.7. The van der Waals surface area contributed by atoms with Gasteiger partial charge in [-0.25, -0.2) is 0 Å². The fourth-order valence-corrected chi connectivity index (χ4v) is 5.61. The average molecular weight is 488 g/mol. The van der Waals surface area contributed by atoms with Crippen molar-refractivity contribution < 1.29 is 14.3 Å². The van der Waals surface area contributed by atoms with Gasteiger partial charge in [-0.05, 0) is 68.5 Å². The van der Waals surface area contributed by atoms with E-state index in [0.29, 0.717) is 11.1 Å². The van der Waals surface area contributed by atoms with E-state index < -0.39 is 6.04 Å². The Morgan fingerprint density at radius 3 is 2.78 bits per heavy atom. The summed E-state index contributed by atoms with van der Waals surface area (Å²) in [4.78, 5) is 32.4. The molecule has 3 aromatic rings. The highest BCUT2D eigenvalue weighted by atomic mass is 16.5. The molecule has 0 radical (unpaired) electrons. The zero-order valence-corrected chi connectivity index (χ0v) is 21.1. The number of carbonyl (C=O) groups is 2. The van der Waals surface area contributed by atoms with Crippen LogP contribution in [0.15, 0.2) is 42.7 Å². The number of likely N-dealkylation sites (tertiary alicyclic amines) is 1. The van der Waals surface area contributed by atoms with Crippen LogP contribution in [0.25, 0.3) is 10.9 Å². The topological polar surface area (TPSA) is 111 Å². The van der Waals surface area contributed by atoms with Gasteiger partial charge < -0.3 is 15.0 Å². The number of nitrogens with one attached hydrogen (secondary N) is 2. The Hall–Kier alpha value is -3.70. The molecule has 1 spiro atoms. The first-order valence-corrected chi connectivity index (χ1v) is 12.3. The second-order valence-corrected chi connectivity index (χ2v) is 9.97. The van der Waals surface area contributed by atoms with Crippen molar-refractivity contribution >= 4 is 23.1 Å². The molecule has 1 aliphatic carbocycles. The minimum Gasteiger partial charge on any atom is -0.496 e. The summed E-state index contributed by atoms with van der Waals surface area (Å²) in [6.45, 7) is 2.93. The Morgan fingerprint density at radius 2 is 2.11 bits per heavy atom. The molecule has 2 fully saturated rings. The first-order valence-electron chi connectivity index (χ1n) is 12.3. The molecular weight excluding hydrogens is 454 g/mol. The molecule has 1 saturated heterocycles. The van der Waals surface area contributed by atoms with Crippen molar-refractivity contribution in [3.8, 4) is 11.8 Å². The summed E-state index contributed by atoms with van der Waals surface area (Å²) in [5.41, 5.74) is 3.54. The molecule has 2 atom stereocenters. The molecule has 2 N–H and O–H groups in total. The number of amides is 1. The summed E-state index contributed by atoms with van der Waals surface area (Å²) in [6.07, 6.45) is 10.1. The second-order valence-electron chi connectivity index (χ2n) is 9.97. The fraction of sp³-hybridized carbons (Fsp3) is 0.429. The molecule has 188 valence electrons. The number of fused-ring (bicyclic) bond motifs is 1. The summed E-state index contributed by atoms with van der Waals surface area (Å²) in [6, 6.07) is 10.8. The van der Waals surface area contributed by atoms with Gasteiger partial charge in [-0.2, -0.15) is 5.26 Å². The van der Waals surface area contributed by atoms with Crippen molar-refractivity contribution in [2.75, 3.05) is 20.7 Å². The van der Waals surface area contributed by atoms with Crippen molar-refractivity contribution in [2.24, 2.45) is 5.41 Å². The Morgan fingerprint density at radius 1 is 1.33 bits per heavy atom. The number of methoxy groups -OCH3 is 1. The number of nitriles is 1. The van der Waals surface area contributed by atoms with Gasteiger partial charge in [0, 0.05) is 35.4 Å². The van der Waals surface area contributed by atoms with E-state index in [1.807, 2.05) is 38.2 Å². The summed E-state index contributed by atoms with van der Waals surface area (Å²) in [5.74, 6) is 0.742. The standard InChI is InChI=1S/C18H24N4O.C10H9NO2/c1-13-7-14(11-20-10-13)15(9-19)21-17(23)16-8-18(12-22(16)2)5-3-4-6-18;1-13-10-4-2-3-9-8(10)5-7(6-12)11-9/h7,10-11,15-16H,3-6,8,12H2,1-2H3,(H,21,23);2-6,11H,1H3. The quantitative estimate of drug-likeness (QED) is 0.519. The highest BCUT2D eigenvalue weighted by Gasteiger charge is 2.46. The van der Waals surface area contributed by atoms with Gasteiger partial charge in [0.1, 0.15) is 11.8 Å². The molecule has 5 rings (SSSR count). The molecule has 8 heteroatoms. The lowest BCUT2D eigenvalue weighted by Crippen LogP contribution is -2.42. The van der Waals surface area contributed by atoms with Crippen molar-refractivity contribution in [3.05, 3.63) is 59.5 Å². The Labute approximate surface area is 211 Å². The van der Waals surface area contributed by atoms with Gasteiger partial charge in [-0.15, -0.1) is 0 Å².